The molecule has 1 aliphatic carbocycles. The highest BCUT2D eigenvalue weighted by Crippen LogP contribution is 2.38. The van der Waals surface area contributed by atoms with E-state index in [0.29, 0.717) is 45.1 Å². The van der Waals surface area contributed by atoms with E-state index in [4.69, 9.17) is 4.74 Å². The molecule has 1 aromatic carbocycles. The molecule has 3 aliphatic rings. The highest BCUT2D eigenvalue weighted by atomic mass is 16.5. The molecule has 0 saturated carbocycles. The second-order valence-corrected chi connectivity index (χ2v) is 12.7. The van der Waals surface area contributed by atoms with Gasteiger partial charge in [-0.2, -0.15) is 0 Å². The van der Waals surface area contributed by atoms with Crippen molar-refractivity contribution in [2.75, 3.05) is 13.7 Å². The van der Waals surface area contributed by atoms with Gasteiger partial charge in [0.1, 0.15) is 36.1 Å². The van der Waals surface area contributed by atoms with Crippen LogP contribution in [0.1, 0.15) is 109 Å². The minimum Gasteiger partial charge on any atom is -0.373 e. The fraction of sp³-hybridized carbons (Fsp3) is 0.629. The molecule has 45 heavy (non-hydrogen) atoms. The molecule has 2 unspecified atom stereocenters. The third kappa shape index (κ3) is 8.39. The summed E-state index contributed by atoms with van der Waals surface area (Å²) in [5.41, 5.74) is 2.81. The standard InChI is InChI=1S/C35H50N4O6/c1-5-22(3)31-34(43)37-28(20-23-21-30(45-4)26-16-11-10-15-25(23)26)32(41)36-27(17-9-7-8-14-24(40)6-2)35(44)39-19-13-12-18-29(39)33(42)38-31/h10-11,15-16,21-22,27-31H,5-9,12-14,17-20H2,1-4H3,(H,36,41)(H,37,43)(H,38,42)/t22?,27-,28-,29-,30?,31-/m0/s1. The summed E-state index contributed by atoms with van der Waals surface area (Å²) in [7, 11) is 1.63. The lowest BCUT2D eigenvalue weighted by molar-refractivity contribution is -0.147. The van der Waals surface area contributed by atoms with Crippen molar-refractivity contribution in [3.63, 3.8) is 0 Å². The zero-order valence-corrected chi connectivity index (χ0v) is 27.2. The second-order valence-electron chi connectivity index (χ2n) is 12.7. The molecule has 0 bridgehead atoms. The Morgan fingerprint density at radius 2 is 1.71 bits per heavy atom. The number of benzene rings is 1. The Kier molecular flexibility index (Phi) is 12.3. The Bertz CT molecular complexity index is 1280. The first kappa shape index (κ1) is 34.3. The third-order valence-corrected chi connectivity index (χ3v) is 9.62. The van der Waals surface area contributed by atoms with E-state index in [9.17, 15) is 24.0 Å². The number of unbranched alkanes of at least 4 members (excludes halogenated alkanes) is 2. The van der Waals surface area contributed by atoms with Crippen LogP contribution < -0.4 is 16.0 Å². The molecule has 4 rings (SSSR count). The number of fused-ring (bicyclic) bond motifs is 2. The number of nitrogens with zero attached hydrogens (tertiary/aromatic N) is 1. The smallest absolute Gasteiger partial charge is 0.245 e. The van der Waals surface area contributed by atoms with Gasteiger partial charge in [0.15, 0.2) is 0 Å². The molecule has 0 radical (unpaired) electrons. The van der Waals surface area contributed by atoms with Gasteiger partial charge in [0.2, 0.25) is 23.6 Å². The minimum atomic E-state index is -0.982. The second kappa shape index (κ2) is 16.2. The first-order valence-corrected chi connectivity index (χ1v) is 16.7. The predicted octanol–water partition coefficient (Wildman–Crippen LogP) is 3.99. The van der Waals surface area contributed by atoms with Gasteiger partial charge in [0.05, 0.1) is 0 Å². The fourth-order valence-corrected chi connectivity index (χ4v) is 6.64. The van der Waals surface area contributed by atoms with Gasteiger partial charge in [-0.15, -0.1) is 0 Å². The molecule has 2 saturated heterocycles. The quantitative estimate of drug-likeness (QED) is 0.302. The van der Waals surface area contributed by atoms with Crippen molar-refractivity contribution in [3.8, 4) is 0 Å². The first-order chi connectivity index (χ1) is 21.7. The topological polar surface area (TPSA) is 134 Å². The average Bonchev–Trinajstić information content (AvgIpc) is 3.41. The van der Waals surface area contributed by atoms with Crippen molar-refractivity contribution in [1.29, 1.82) is 0 Å². The van der Waals surface area contributed by atoms with Crippen molar-refractivity contribution in [2.45, 2.75) is 122 Å². The lowest BCUT2D eigenvalue weighted by atomic mass is 9.93. The number of ketones is 1. The van der Waals surface area contributed by atoms with Crippen LogP contribution in [-0.4, -0.2) is 72.1 Å². The van der Waals surface area contributed by atoms with Crippen LogP contribution in [0.3, 0.4) is 0 Å². The largest absolute Gasteiger partial charge is 0.373 e. The number of rotatable bonds is 12. The van der Waals surface area contributed by atoms with Crippen LogP contribution in [0.25, 0.3) is 5.57 Å². The Labute approximate surface area is 267 Å². The molecule has 6 atom stereocenters. The van der Waals surface area contributed by atoms with Crippen molar-refractivity contribution >= 4 is 35.0 Å². The molecule has 246 valence electrons. The van der Waals surface area contributed by atoms with E-state index in [0.717, 1.165) is 42.4 Å². The molecule has 2 fully saturated rings. The molecule has 0 spiro atoms. The summed E-state index contributed by atoms with van der Waals surface area (Å²) < 4.78 is 5.68. The van der Waals surface area contributed by atoms with E-state index >= 15 is 0 Å². The fourth-order valence-electron chi connectivity index (χ4n) is 6.64. The number of piperidine rings is 1. The van der Waals surface area contributed by atoms with Crippen LogP contribution in [0.4, 0.5) is 0 Å². The summed E-state index contributed by atoms with van der Waals surface area (Å²) in [5.74, 6) is -1.45. The minimum absolute atomic E-state index is 0.190. The van der Waals surface area contributed by atoms with Gasteiger partial charge >= 0.3 is 0 Å². The van der Waals surface area contributed by atoms with Crippen LogP contribution in [0.5, 0.6) is 0 Å². The van der Waals surface area contributed by atoms with E-state index < -0.39 is 36.0 Å². The molecule has 0 aromatic heterocycles. The van der Waals surface area contributed by atoms with Crippen LogP contribution >= 0.6 is 0 Å². The molecule has 3 N–H and O–H groups in total. The van der Waals surface area contributed by atoms with Crippen LogP contribution in [0, 0.1) is 5.92 Å². The van der Waals surface area contributed by atoms with Crippen molar-refractivity contribution in [2.24, 2.45) is 5.92 Å². The maximum absolute atomic E-state index is 14.1. The summed E-state index contributed by atoms with van der Waals surface area (Å²) in [5, 5.41) is 8.91. The average molecular weight is 623 g/mol. The number of carbonyl (C=O) groups excluding carboxylic acids is 5. The zero-order valence-electron chi connectivity index (χ0n) is 27.2. The van der Waals surface area contributed by atoms with Gasteiger partial charge in [0.25, 0.3) is 0 Å². The van der Waals surface area contributed by atoms with Crippen molar-refractivity contribution in [3.05, 3.63) is 41.5 Å². The molecule has 1 aromatic rings. The molecular formula is C35H50N4O6. The number of methoxy groups -OCH3 is 1. The molecular weight excluding hydrogens is 572 g/mol. The number of carbonyl (C=O) groups is 5. The summed E-state index contributed by atoms with van der Waals surface area (Å²) in [6.45, 7) is 6.12. The number of hydrogen-bond acceptors (Lipinski definition) is 6. The zero-order chi connectivity index (χ0) is 32.5. The highest BCUT2D eigenvalue weighted by Gasteiger charge is 2.40. The van der Waals surface area contributed by atoms with E-state index in [2.05, 4.69) is 16.0 Å². The Morgan fingerprint density at radius 1 is 0.956 bits per heavy atom. The Hall–Kier alpha value is -3.53. The lowest BCUT2D eigenvalue weighted by Gasteiger charge is -2.39. The van der Waals surface area contributed by atoms with Gasteiger partial charge in [-0.1, -0.05) is 64.3 Å². The Balaban J connectivity index is 1.64. The highest BCUT2D eigenvalue weighted by molar-refractivity contribution is 5.98. The summed E-state index contributed by atoms with van der Waals surface area (Å²) in [4.78, 5) is 69.1. The SMILES string of the molecule is CCC(=O)CCCCC[C@@H]1NC(=O)[C@H](CC2=CC(OC)c3ccccc32)NC(=O)[C@H](C(C)CC)NC(=O)[C@@H]2CCCCN2C1=O. The summed E-state index contributed by atoms with van der Waals surface area (Å²) >= 11 is 0. The number of Topliss-reactive ketones (excluding diaryl/α,β-unsaturated/α-hetero) is 1. The van der Waals surface area contributed by atoms with E-state index in [1.54, 1.807) is 12.0 Å². The normalized spacial score (nSPS) is 26.4. The van der Waals surface area contributed by atoms with Gasteiger partial charge in [-0.3, -0.25) is 24.0 Å². The lowest BCUT2D eigenvalue weighted by Crippen LogP contribution is -2.63. The van der Waals surface area contributed by atoms with Crippen LogP contribution in [0.2, 0.25) is 0 Å². The monoisotopic (exact) mass is 622 g/mol. The summed E-state index contributed by atoms with van der Waals surface area (Å²) in [6, 6.07) is 4.44. The molecule has 10 nitrogen and oxygen atoms in total. The van der Waals surface area contributed by atoms with Gasteiger partial charge < -0.3 is 25.6 Å². The third-order valence-electron chi connectivity index (χ3n) is 9.62. The van der Waals surface area contributed by atoms with Crippen LogP contribution in [0.15, 0.2) is 30.3 Å². The van der Waals surface area contributed by atoms with Gasteiger partial charge in [-0.05, 0) is 60.8 Å². The van der Waals surface area contributed by atoms with Crippen molar-refractivity contribution < 1.29 is 28.7 Å². The van der Waals surface area contributed by atoms with E-state index in [-0.39, 0.29) is 36.0 Å². The summed E-state index contributed by atoms with van der Waals surface area (Å²) in [6.07, 6.45) is 8.09. The van der Waals surface area contributed by atoms with Gasteiger partial charge in [-0.25, -0.2) is 0 Å². The molecule has 4 amide bonds. The predicted molar refractivity (Wildman–Crippen MR) is 172 cm³/mol. The maximum atomic E-state index is 14.1. The molecule has 2 aliphatic heterocycles. The number of ether oxygens (including phenoxy) is 1. The van der Waals surface area contributed by atoms with Crippen LogP contribution in [-0.2, 0) is 28.7 Å². The number of amides is 4. The Morgan fingerprint density at radius 3 is 2.44 bits per heavy atom. The van der Waals surface area contributed by atoms with Crippen molar-refractivity contribution in [1.82, 2.24) is 20.9 Å². The molecule has 2 heterocycles. The van der Waals surface area contributed by atoms with E-state index in [1.165, 1.54) is 0 Å². The molecule has 10 heteroatoms. The first-order valence-electron chi connectivity index (χ1n) is 16.7. The maximum Gasteiger partial charge on any atom is 0.245 e. The van der Waals surface area contributed by atoms with Gasteiger partial charge in [0, 0.05) is 32.9 Å². The number of hydrogen-bond donors (Lipinski definition) is 3. The number of nitrogens with one attached hydrogen (secondary N) is 3. The van der Waals surface area contributed by atoms with E-state index in [1.807, 2.05) is 51.1 Å².